The van der Waals surface area contributed by atoms with Gasteiger partial charge in [-0.15, -0.1) is 0 Å². The summed E-state index contributed by atoms with van der Waals surface area (Å²) >= 11 is 0. The summed E-state index contributed by atoms with van der Waals surface area (Å²) in [6.45, 7) is 1.36. The van der Waals surface area contributed by atoms with Crippen molar-refractivity contribution in [3.05, 3.63) is 59.1 Å². The summed E-state index contributed by atoms with van der Waals surface area (Å²) in [6.07, 6.45) is -0.326. The van der Waals surface area contributed by atoms with E-state index in [4.69, 9.17) is 4.74 Å². The Kier molecular flexibility index (Phi) is 3.39. The molecular weight excluding hydrogens is 300 g/mol. The Balaban J connectivity index is 2.14. The molecule has 0 amide bonds. The van der Waals surface area contributed by atoms with Crippen molar-refractivity contribution in [2.45, 2.75) is 25.2 Å². The van der Waals surface area contributed by atoms with Gasteiger partial charge in [0, 0.05) is 5.56 Å². The number of hydrogen-bond donors (Lipinski definition) is 3. The van der Waals surface area contributed by atoms with Gasteiger partial charge in [0.15, 0.2) is 5.78 Å². The summed E-state index contributed by atoms with van der Waals surface area (Å²) in [7, 11) is 0. The van der Waals surface area contributed by atoms with E-state index < -0.39 is 35.3 Å². The molecule has 23 heavy (non-hydrogen) atoms. The van der Waals surface area contributed by atoms with E-state index in [1.807, 2.05) is 0 Å². The second-order valence-corrected chi connectivity index (χ2v) is 5.91. The smallest absolute Gasteiger partial charge is 0.241 e. The minimum absolute atomic E-state index is 0.113. The van der Waals surface area contributed by atoms with Gasteiger partial charge in [-0.1, -0.05) is 30.3 Å². The van der Waals surface area contributed by atoms with Crippen molar-refractivity contribution in [1.29, 1.82) is 0 Å². The summed E-state index contributed by atoms with van der Waals surface area (Å²) < 4.78 is 5.60. The van der Waals surface area contributed by atoms with Crippen LogP contribution in [0.15, 0.2) is 53.5 Å². The summed E-state index contributed by atoms with van der Waals surface area (Å²) in [4.78, 5) is 24.0. The fourth-order valence-corrected chi connectivity index (χ4v) is 2.88. The average Bonchev–Trinajstić information content (AvgIpc) is 2.53. The van der Waals surface area contributed by atoms with Crippen molar-refractivity contribution >= 4 is 12.1 Å². The van der Waals surface area contributed by atoms with E-state index >= 15 is 0 Å². The van der Waals surface area contributed by atoms with E-state index in [1.54, 1.807) is 30.3 Å². The lowest BCUT2D eigenvalue weighted by molar-refractivity contribution is -0.208. The molecule has 120 valence electrons. The van der Waals surface area contributed by atoms with E-state index in [1.165, 1.54) is 6.92 Å². The molecule has 0 bridgehead atoms. The zero-order chi connectivity index (χ0) is 16.8. The topological polar surface area (TPSA) is 104 Å². The molecule has 3 unspecified atom stereocenters. The Hall–Kier alpha value is -2.44. The van der Waals surface area contributed by atoms with Crippen LogP contribution in [0.1, 0.15) is 18.9 Å². The molecule has 1 heterocycles. The summed E-state index contributed by atoms with van der Waals surface area (Å²) in [6, 6.07) is 8.28. The standard InChI is InChI=1S/C17H16O6/c1-16(9-18)13(21)7-11(19)14-12(20)8-17(22,23-15(14)16)10-5-3-2-4-6-10/h2-7,9,11,19,21-22H,8H2,1H3. The highest BCUT2D eigenvalue weighted by Gasteiger charge is 2.52. The molecule has 6 nitrogen and oxygen atoms in total. The van der Waals surface area contributed by atoms with Crippen LogP contribution in [0, 0.1) is 5.41 Å². The highest BCUT2D eigenvalue weighted by atomic mass is 16.6. The highest BCUT2D eigenvalue weighted by Crippen LogP contribution is 2.47. The zero-order valence-electron chi connectivity index (χ0n) is 12.4. The van der Waals surface area contributed by atoms with Gasteiger partial charge in [0.1, 0.15) is 29.3 Å². The second kappa shape index (κ2) is 5.04. The lowest BCUT2D eigenvalue weighted by Gasteiger charge is -2.42. The number of rotatable bonds is 2. The van der Waals surface area contributed by atoms with Crippen LogP contribution in [0.25, 0.3) is 0 Å². The molecule has 0 saturated heterocycles. The molecule has 0 fully saturated rings. The zero-order valence-corrected chi connectivity index (χ0v) is 12.4. The number of ether oxygens (including phenoxy) is 1. The van der Waals surface area contributed by atoms with E-state index in [2.05, 4.69) is 0 Å². The van der Waals surface area contributed by atoms with Gasteiger partial charge in [0.2, 0.25) is 5.79 Å². The molecule has 1 aromatic carbocycles. The molecule has 1 aliphatic carbocycles. The lowest BCUT2D eigenvalue weighted by Crippen LogP contribution is -2.46. The number of aldehydes is 1. The fraction of sp³-hybridized carbons (Fsp3) is 0.294. The molecule has 1 aromatic rings. The third kappa shape index (κ3) is 2.18. The van der Waals surface area contributed by atoms with E-state index in [0.717, 1.165) is 6.08 Å². The number of hydrogen-bond acceptors (Lipinski definition) is 6. The average molecular weight is 316 g/mol. The highest BCUT2D eigenvalue weighted by molar-refractivity contribution is 6.00. The summed E-state index contributed by atoms with van der Waals surface area (Å²) in [5.74, 6) is -3.15. The SMILES string of the molecule is CC1(C=O)C(O)=CC(O)C2=C1OC(O)(c1ccccc1)CC2=O. The first-order chi connectivity index (χ1) is 10.8. The molecule has 3 rings (SSSR count). The minimum atomic E-state index is -1.96. The van der Waals surface area contributed by atoms with Crippen molar-refractivity contribution in [2.75, 3.05) is 0 Å². The molecule has 3 atom stereocenters. The van der Waals surface area contributed by atoms with E-state index in [0.29, 0.717) is 11.8 Å². The summed E-state index contributed by atoms with van der Waals surface area (Å²) in [5, 5.41) is 30.8. The van der Waals surface area contributed by atoms with Gasteiger partial charge in [0.05, 0.1) is 12.0 Å². The number of carbonyl (C=O) groups excluding carboxylic acids is 2. The lowest BCUT2D eigenvalue weighted by atomic mass is 9.75. The first-order valence-corrected chi connectivity index (χ1v) is 7.12. The van der Waals surface area contributed by atoms with Crippen molar-refractivity contribution in [3.8, 4) is 0 Å². The Labute approximate surface area is 132 Å². The Morgan fingerprint density at radius 2 is 1.96 bits per heavy atom. The van der Waals surface area contributed by atoms with Crippen molar-refractivity contribution in [2.24, 2.45) is 5.41 Å². The largest absolute Gasteiger partial charge is 0.511 e. The Bertz CT molecular complexity index is 735. The van der Waals surface area contributed by atoms with Gasteiger partial charge in [-0.3, -0.25) is 4.79 Å². The van der Waals surface area contributed by atoms with Crippen molar-refractivity contribution < 1.29 is 29.6 Å². The molecule has 0 radical (unpaired) electrons. The number of benzene rings is 1. The first-order valence-electron chi connectivity index (χ1n) is 7.12. The van der Waals surface area contributed by atoms with Crippen LogP contribution in [0.2, 0.25) is 0 Å². The van der Waals surface area contributed by atoms with Gasteiger partial charge in [-0.2, -0.15) is 0 Å². The molecule has 0 aromatic heterocycles. The van der Waals surface area contributed by atoms with Crippen LogP contribution < -0.4 is 0 Å². The van der Waals surface area contributed by atoms with Crippen molar-refractivity contribution in [3.63, 3.8) is 0 Å². The maximum absolute atomic E-state index is 12.5. The summed E-state index contributed by atoms with van der Waals surface area (Å²) in [5.41, 5.74) is -1.40. The fourth-order valence-electron chi connectivity index (χ4n) is 2.88. The van der Waals surface area contributed by atoms with Crippen molar-refractivity contribution in [1.82, 2.24) is 0 Å². The Morgan fingerprint density at radius 3 is 2.57 bits per heavy atom. The van der Waals surface area contributed by atoms with Crippen LogP contribution in [-0.4, -0.2) is 33.5 Å². The minimum Gasteiger partial charge on any atom is -0.511 e. The number of aliphatic hydroxyl groups excluding tert-OH is 2. The van der Waals surface area contributed by atoms with Crippen LogP contribution in [0.3, 0.4) is 0 Å². The maximum atomic E-state index is 12.5. The number of ketones is 1. The molecule has 6 heteroatoms. The second-order valence-electron chi connectivity index (χ2n) is 5.91. The maximum Gasteiger partial charge on any atom is 0.241 e. The molecule has 1 aliphatic heterocycles. The van der Waals surface area contributed by atoms with Crippen LogP contribution in [0.5, 0.6) is 0 Å². The van der Waals surface area contributed by atoms with Gasteiger partial charge in [0.25, 0.3) is 0 Å². The monoisotopic (exact) mass is 316 g/mol. The Morgan fingerprint density at radius 1 is 1.30 bits per heavy atom. The number of aliphatic hydroxyl groups is 3. The van der Waals surface area contributed by atoms with Gasteiger partial charge in [-0.25, -0.2) is 0 Å². The molecule has 0 saturated carbocycles. The molecule has 0 spiro atoms. The van der Waals surface area contributed by atoms with Gasteiger partial charge >= 0.3 is 0 Å². The molecule has 3 N–H and O–H groups in total. The van der Waals surface area contributed by atoms with Crippen LogP contribution in [0.4, 0.5) is 0 Å². The third-order valence-electron chi connectivity index (χ3n) is 4.29. The molecular formula is C17H16O6. The first kappa shape index (κ1) is 15.5. The normalized spacial score (nSPS) is 33.6. The van der Waals surface area contributed by atoms with Crippen LogP contribution in [-0.2, 0) is 20.1 Å². The quantitative estimate of drug-likeness (QED) is 0.706. The third-order valence-corrected chi connectivity index (χ3v) is 4.29. The molecule has 2 aliphatic rings. The number of Topliss-reactive ketones (excluding diaryl/α,β-unsaturated/α-hetero) is 1. The predicted octanol–water partition coefficient (Wildman–Crippen LogP) is 1.10. The van der Waals surface area contributed by atoms with Crippen LogP contribution >= 0.6 is 0 Å². The number of carbonyl (C=O) groups is 2. The van der Waals surface area contributed by atoms with Gasteiger partial charge in [-0.05, 0) is 13.0 Å². The predicted molar refractivity (Wildman–Crippen MR) is 79.0 cm³/mol. The van der Waals surface area contributed by atoms with E-state index in [-0.39, 0.29) is 11.3 Å². The van der Waals surface area contributed by atoms with Gasteiger partial charge < -0.3 is 24.9 Å². The van der Waals surface area contributed by atoms with E-state index in [9.17, 15) is 24.9 Å².